The zero-order valence-electron chi connectivity index (χ0n) is 22.0. The fourth-order valence-corrected chi connectivity index (χ4v) is 5.56. The number of aromatic nitrogens is 6. The first-order valence-corrected chi connectivity index (χ1v) is 13.3. The number of rotatable bonds is 5. The third-order valence-corrected chi connectivity index (χ3v) is 7.49. The fraction of sp³-hybridized carbons (Fsp3) is 0.200. The first-order chi connectivity index (χ1) is 20.2. The van der Waals surface area contributed by atoms with Crippen LogP contribution in [0.4, 0.5) is 17.6 Å². The number of nitrogens with one attached hydrogen (secondary N) is 2. The van der Waals surface area contributed by atoms with Gasteiger partial charge in [0.15, 0.2) is 23.0 Å². The predicted molar refractivity (Wildman–Crippen MR) is 148 cm³/mol. The number of fused-ring (bicyclic) bond motifs is 3. The van der Waals surface area contributed by atoms with Crippen molar-refractivity contribution in [1.82, 2.24) is 35.0 Å². The minimum Gasteiger partial charge on any atom is -0.505 e. The molecular formula is C30H23F4N7O. The van der Waals surface area contributed by atoms with Gasteiger partial charge in [-0.2, -0.15) is 18.3 Å². The molecule has 1 aliphatic heterocycles. The SMILES string of the molecule is Oc1cc(CC(F)(F)F)c(-c2ccc3c(-c4nc5c([nH]4)CN(Cc4cnc6ncccc6c4)CC5)n[nH]c3c2)cc1F. The Balaban J connectivity index is 1.15. The van der Waals surface area contributed by atoms with Crippen LogP contribution in [0, 0.1) is 5.82 Å². The molecule has 0 unspecified atom stereocenters. The molecule has 0 aliphatic carbocycles. The van der Waals surface area contributed by atoms with Gasteiger partial charge in [0.25, 0.3) is 0 Å². The highest BCUT2D eigenvalue weighted by atomic mass is 19.4. The van der Waals surface area contributed by atoms with Crippen LogP contribution >= 0.6 is 0 Å². The highest BCUT2D eigenvalue weighted by Gasteiger charge is 2.30. The second kappa shape index (κ2) is 9.91. The second-order valence-corrected chi connectivity index (χ2v) is 10.5. The van der Waals surface area contributed by atoms with Crippen LogP contribution in [0.25, 0.3) is 44.6 Å². The number of aromatic hydroxyl groups is 1. The van der Waals surface area contributed by atoms with Crippen molar-refractivity contribution in [3.63, 3.8) is 0 Å². The van der Waals surface area contributed by atoms with Crippen LogP contribution < -0.4 is 0 Å². The van der Waals surface area contributed by atoms with Gasteiger partial charge in [-0.25, -0.2) is 19.3 Å². The summed E-state index contributed by atoms with van der Waals surface area (Å²) in [7, 11) is 0. The molecule has 6 aromatic rings. The lowest BCUT2D eigenvalue weighted by Crippen LogP contribution is -2.30. The summed E-state index contributed by atoms with van der Waals surface area (Å²) in [5, 5.41) is 18.8. The Labute approximate surface area is 236 Å². The molecule has 2 aromatic carbocycles. The number of pyridine rings is 2. The average molecular weight is 574 g/mol. The van der Waals surface area contributed by atoms with Crippen molar-refractivity contribution in [2.75, 3.05) is 6.54 Å². The van der Waals surface area contributed by atoms with Crippen LogP contribution in [-0.2, 0) is 25.9 Å². The van der Waals surface area contributed by atoms with Gasteiger partial charge < -0.3 is 10.1 Å². The lowest BCUT2D eigenvalue weighted by molar-refractivity contribution is -0.127. The first-order valence-electron chi connectivity index (χ1n) is 13.3. The lowest BCUT2D eigenvalue weighted by atomic mass is 9.96. The molecule has 212 valence electrons. The number of imidazole rings is 1. The molecule has 0 fully saturated rings. The number of aromatic amines is 2. The van der Waals surface area contributed by atoms with Gasteiger partial charge in [-0.3, -0.25) is 10.00 Å². The van der Waals surface area contributed by atoms with Crippen LogP contribution in [-0.4, -0.2) is 52.9 Å². The number of alkyl halides is 3. The number of nitrogens with zero attached hydrogens (tertiary/aromatic N) is 5. The number of phenols is 1. The summed E-state index contributed by atoms with van der Waals surface area (Å²) in [6.07, 6.45) is -1.49. The maximum absolute atomic E-state index is 14.2. The molecule has 42 heavy (non-hydrogen) atoms. The van der Waals surface area contributed by atoms with E-state index in [4.69, 9.17) is 4.98 Å². The van der Waals surface area contributed by atoms with Crippen LogP contribution in [0.1, 0.15) is 22.5 Å². The number of hydrogen-bond donors (Lipinski definition) is 3. The fourth-order valence-electron chi connectivity index (χ4n) is 5.56. The molecule has 0 atom stereocenters. The van der Waals surface area contributed by atoms with Crippen LogP contribution in [0.3, 0.4) is 0 Å². The highest BCUT2D eigenvalue weighted by Crippen LogP contribution is 2.36. The first kappa shape index (κ1) is 26.1. The summed E-state index contributed by atoms with van der Waals surface area (Å²) in [5.74, 6) is -1.23. The Morgan fingerprint density at radius 3 is 2.79 bits per heavy atom. The maximum atomic E-state index is 14.2. The molecule has 0 radical (unpaired) electrons. The van der Waals surface area contributed by atoms with Gasteiger partial charge in [0.1, 0.15) is 5.69 Å². The van der Waals surface area contributed by atoms with Gasteiger partial charge in [0.2, 0.25) is 0 Å². The van der Waals surface area contributed by atoms with Gasteiger partial charge in [-0.1, -0.05) is 6.07 Å². The Morgan fingerprint density at radius 2 is 1.93 bits per heavy atom. The third-order valence-electron chi connectivity index (χ3n) is 7.49. The quantitative estimate of drug-likeness (QED) is 0.216. The topological polar surface area (TPSA) is 107 Å². The lowest BCUT2D eigenvalue weighted by Gasteiger charge is -2.25. The molecule has 0 saturated heterocycles. The summed E-state index contributed by atoms with van der Waals surface area (Å²) in [6.45, 7) is 2.23. The van der Waals surface area contributed by atoms with Crippen molar-refractivity contribution in [1.29, 1.82) is 0 Å². The second-order valence-electron chi connectivity index (χ2n) is 10.5. The van der Waals surface area contributed by atoms with E-state index >= 15 is 0 Å². The zero-order chi connectivity index (χ0) is 29.0. The van der Waals surface area contributed by atoms with Crippen molar-refractivity contribution < 1.29 is 22.7 Å². The molecule has 8 nitrogen and oxygen atoms in total. The van der Waals surface area contributed by atoms with Crippen molar-refractivity contribution >= 4 is 21.9 Å². The van der Waals surface area contributed by atoms with Crippen LogP contribution in [0.5, 0.6) is 5.75 Å². The Morgan fingerprint density at radius 1 is 1.05 bits per heavy atom. The minimum absolute atomic E-state index is 0.0482. The van der Waals surface area contributed by atoms with Gasteiger partial charge in [-0.05, 0) is 64.7 Å². The van der Waals surface area contributed by atoms with Crippen LogP contribution in [0.15, 0.2) is 60.9 Å². The van der Waals surface area contributed by atoms with Crippen LogP contribution in [0.2, 0.25) is 0 Å². The maximum Gasteiger partial charge on any atom is 0.393 e. The van der Waals surface area contributed by atoms with Gasteiger partial charge >= 0.3 is 6.18 Å². The van der Waals surface area contributed by atoms with E-state index in [0.717, 1.165) is 59.6 Å². The number of benzene rings is 2. The standard InChI is InChI=1S/C30H23F4N7O/c31-22-11-21(19(10-26(22)42)12-30(32,33)34)17-3-4-20-24(9-17)39-40-27(20)29-37-23-5-7-41(15-25(23)38-29)14-16-8-18-2-1-6-35-28(18)36-13-16/h1-4,6,8-11,13,42H,5,7,12,14-15H2,(H,37,38)(H,39,40). The van der Waals surface area contributed by atoms with E-state index in [1.165, 1.54) is 0 Å². The monoisotopic (exact) mass is 573 g/mol. The molecule has 0 bridgehead atoms. The summed E-state index contributed by atoms with van der Waals surface area (Å²) in [6, 6.07) is 12.7. The molecule has 0 spiro atoms. The molecule has 7 rings (SSSR count). The number of halogens is 4. The van der Waals surface area contributed by atoms with E-state index in [1.807, 2.05) is 18.3 Å². The largest absolute Gasteiger partial charge is 0.505 e. The number of hydrogen-bond acceptors (Lipinski definition) is 6. The van der Waals surface area contributed by atoms with Crippen molar-refractivity contribution in [2.24, 2.45) is 0 Å². The van der Waals surface area contributed by atoms with Crippen molar-refractivity contribution in [3.05, 3.63) is 89.3 Å². The van der Waals surface area contributed by atoms with Gasteiger partial charge in [0, 0.05) is 49.2 Å². The molecular weight excluding hydrogens is 550 g/mol. The number of H-pyrrole nitrogens is 2. The molecule has 4 aromatic heterocycles. The Kier molecular flexibility index (Phi) is 6.15. The van der Waals surface area contributed by atoms with E-state index < -0.39 is 24.2 Å². The van der Waals surface area contributed by atoms with E-state index in [0.29, 0.717) is 34.5 Å². The molecule has 5 heterocycles. The van der Waals surface area contributed by atoms with Gasteiger partial charge in [0.05, 0.1) is 23.3 Å². The Hall–Kier alpha value is -4.84. The third kappa shape index (κ3) is 4.94. The summed E-state index contributed by atoms with van der Waals surface area (Å²) < 4.78 is 53.7. The van der Waals surface area contributed by atoms with Gasteiger partial charge in [-0.15, -0.1) is 0 Å². The highest BCUT2D eigenvalue weighted by molar-refractivity contribution is 5.94. The smallest absolute Gasteiger partial charge is 0.393 e. The van der Waals surface area contributed by atoms with E-state index in [9.17, 15) is 22.7 Å². The molecule has 12 heteroatoms. The van der Waals surface area contributed by atoms with Crippen molar-refractivity contribution in [2.45, 2.75) is 32.1 Å². The summed E-state index contributed by atoms with van der Waals surface area (Å²) in [4.78, 5) is 19.3. The van der Waals surface area contributed by atoms with E-state index in [1.54, 1.807) is 24.4 Å². The van der Waals surface area contributed by atoms with E-state index in [2.05, 4.69) is 36.1 Å². The molecule has 1 aliphatic rings. The average Bonchev–Trinajstić information content (AvgIpc) is 3.57. The Bertz CT molecular complexity index is 1960. The zero-order valence-corrected chi connectivity index (χ0v) is 22.0. The predicted octanol–water partition coefficient (Wildman–Crippen LogP) is 6.07. The number of phenolic OH excluding ortho intramolecular Hbond substituents is 1. The summed E-state index contributed by atoms with van der Waals surface area (Å²) in [5.41, 5.74) is 5.10. The normalized spacial score (nSPS) is 14.1. The molecule has 0 saturated carbocycles. The summed E-state index contributed by atoms with van der Waals surface area (Å²) >= 11 is 0. The molecule has 3 N–H and O–H groups in total. The molecule has 0 amide bonds. The van der Waals surface area contributed by atoms with E-state index in [-0.39, 0.29) is 11.1 Å². The minimum atomic E-state index is -4.53. The van der Waals surface area contributed by atoms with Crippen molar-refractivity contribution in [3.8, 4) is 28.4 Å².